The molecule has 3 aromatic rings. The second kappa shape index (κ2) is 10.5. The maximum absolute atomic E-state index is 14.6. The maximum atomic E-state index is 14.6. The van der Waals surface area contributed by atoms with Crippen molar-refractivity contribution in [2.75, 3.05) is 37.7 Å². The number of nitrogens with zero attached hydrogens (tertiary/aromatic N) is 6. The van der Waals surface area contributed by atoms with E-state index in [9.17, 15) is 9.18 Å². The van der Waals surface area contributed by atoms with E-state index in [4.69, 9.17) is 33.2 Å². The fraction of sp³-hybridized carbons (Fsp3) is 0.333. The van der Waals surface area contributed by atoms with Crippen LogP contribution in [-0.4, -0.2) is 58.4 Å². The van der Waals surface area contributed by atoms with Crippen LogP contribution in [0.15, 0.2) is 30.5 Å². The van der Waals surface area contributed by atoms with Crippen molar-refractivity contribution in [3.05, 3.63) is 57.7 Å². The zero-order chi connectivity index (χ0) is 25.1. The quantitative estimate of drug-likeness (QED) is 0.484. The molecular formula is C24H23Cl2FN6O2. The monoisotopic (exact) mass is 516 g/mol. The number of pyridine rings is 1. The zero-order valence-electron chi connectivity index (χ0n) is 19.3. The highest BCUT2D eigenvalue weighted by atomic mass is 35.5. The Labute approximate surface area is 212 Å². The van der Waals surface area contributed by atoms with Gasteiger partial charge in [-0.15, -0.1) is 0 Å². The average Bonchev–Trinajstić information content (AvgIpc) is 3.14. The Hall–Kier alpha value is -3.35. The summed E-state index contributed by atoms with van der Waals surface area (Å²) in [6.45, 7) is 5.86. The Kier molecular flexibility index (Phi) is 7.43. The number of amides is 1. The van der Waals surface area contributed by atoms with Crippen LogP contribution in [-0.2, 0) is 11.3 Å². The molecule has 0 saturated carbocycles. The molecule has 0 atom stereocenters. The number of aromatic nitrogens is 3. The number of nitriles is 1. The number of rotatable bonds is 6. The van der Waals surface area contributed by atoms with Crippen LogP contribution < -0.4 is 9.64 Å². The highest BCUT2D eigenvalue weighted by Gasteiger charge is 2.25. The summed E-state index contributed by atoms with van der Waals surface area (Å²) in [5.41, 5.74) is 2.45. The van der Waals surface area contributed by atoms with E-state index in [0.29, 0.717) is 66.2 Å². The zero-order valence-corrected chi connectivity index (χ0v) is 20.8. The average molecular weight is 517 g/mol. The third-order valence-corrected chi connectivity index (χ3v) is 6.59. The molecule has 1 aliphatic rings. The van der Waals surface area contributed by atoms with Crippen molar-refractivity contribution < 1.29 is 13.9 Å². The molecule has 0 N–H and O–H groups in total. The van der Waals surface area contributed by atoms with E-state index in [1.165, 1.54) is 12.3 Å². The van der Waals surface area contributed by atoms with Crippen molar-refractivity contribution in [2.24, 2.45) is 0 Å². The molecule has 0 bridgehead atoms. The predicted octanol–water partition coefficient (Wildman–Crippen LogP) is 4.32. The molecule has 1 fully saturated rings. The van der Waals surface area contributed by atoms with E-state index in [0.717, 1.165) is 0 Å². The van der Waals surface area contributed by atoms with Crippen LogP contribution in [0.3, 0.4) is 0 Å². The maximum Gasteiger partial charge on any atom is 0.244 e. The van der Waals surface area contributed by atoms with E-state index < -0.39 is 5.82 Å². The molecule has 0 aliphatic carbocycles. The number of carbonyl (C=O) groups is 1. The molecule has 4 rings (SSSR count). The van der Waals surface area contributed by atoms with Crippen molar-refractivity contribution in [3.63, 3.8) is 0 Å². The van der Waals surface area contributed by atoms with Gasteiger partial charge in [0.1, 0.15) is 35.6 Å². The molecule has 3 heterocycles. The van der Waals surface area contributed by atoms with Crippen LogP contribution in [0.1, 0.15) is 18.3 Å². The van der Waals surface area contributed by atoms with Crippen molar-refractivity contribution in [3.8, 4) is 23.1 Å². The smallest absolute Gasteiger partial charge is 0.244 e. The van der Waals surface area contributed by atoms with Gasteiger partial charge in [-0.3, -0.25) is 9.48 Å². The van der Waals surface area contributed by atoms with Gasteiger partial charge in [0, 0.05) is 44.0 Å². The number of halogens is 3. The second-order valence-corrected chi connectivity index (χ2v) is 8.77. The second-order valence-electron chi connectivity index (χ2n) is 7.98. The van der Waals surface area contributed by atoms with E-state index >= 15 is 0 Å². The third-order valence-electron chi connectivity index (χ3n) is 5.84. The minimum atomic E-state index is -0.428. The lowest BCUT2D eigenvalue weighted by Gasteiger charge is -2.36. The Bertz CT molecular complexity index is 1300. The van der Waals surface area contributed by atoms with Crippen LogP contribution in [0.5, 0.6) is 5.75 Å². The van der Waals surface area contributed by atoms with Gasteiger partial charge in [0.2, 0.25) is 5.91 Å². The van der Waals surface area contributed by atoms with Gasteiger partial charge in [0.25, 0.3) is 0 Å². The molecule has 11 heteroatoms. The number of benzene rings is 1. The number of hydrogen-bond donors (Lipinski definition) is 0. The minimum Gasteiger partial charge on any atom is -0.492 e. The lowest BCUT2D eigenvalue weighted by atomic mass is 10.1. The fourth-order valence-electron chi connectivity index (χ4n) is 3.95. The van der Waals surface area contributed by atoms with Gasteiger partial charge in [0.15, 0.2) is 0 Å². The van der Waals surface area contributed by atoms with Gasteiger partial charge in [-0.05, 0) is 32.0 Å². The van der Waals surface area contributed by atoms with E-state index in [2.05, 4.69) is 10.1 Å². The summed E-state index contributed by atoms with van der Waals surface area (Å²) >= 11 is 12.6. The van der Waals surface area contributed by atoms with E-state index in [1.54, 1.807) is 34.7 Å². The molecule has 1 amide bonds. The Morgan fingerprint density at radius 1 is 1.23 bits per heavy atom. The van der Waals surface area contributed by atoms with Crippen LogP contribution in [0.2, 0.25) is 10.0 Å². The molecule has 0 unspecified atom stereocenters. The van der Waals surface area contributed by atoms with Gasteiger partial charge in [-0.1, -0.05) is 23.2 Å². The first-order valence-corrected chi connectivity index (χ1v) is 11.8. The summed E-state index contributed by atoms with van der Waals surface area (Å²) < 4.78 is 21.6. The van der Waals surface area contributed by atoms with Gasteiger partial charge in [-0.2, -0.15) is 10.4 Å². The lowest BCUT2D eigenvalue weighted by Crippen LogP contribution is -2.50. The molecule has 1 aromatic carbocycles. The minimum absolute atomic E-state index is 0.0194. The van der Waals surface area contributed by atoms with Crippen LogP contribution >= 0.6 is 23.2 Å². The van der Waals surface area contributed by atoms with Gasteiger partial charge < -0.3 is 14.5 Å². The molecule has 1 aliphatic heterocycles. The first kappa shape index (κ1) is 24.8. The van der Waals surface area contributed by atoms with Crippen LogP contribution in [0.25, 0.3) is 11.3 Å². The molecule has 0 spiro atoms. The highest BCUT2D eigenvalue weighted by molar-refractivity contribution is 6.33. The van der Waals surface area contributed by atoms with Gasteiger partial charge in [0.05, 0.1) is 28.0 Å². The summed E-state index contributed by atoms with van der Waals surface area (Å²) in [5, 5.41) is 14.3. The number of carbonyl (C=O) groups excluding carboxylic acids is 1. The van der Waals surface area contributed by atoms with Gasteiger partial charge >= 0.3 is 0 Å². The standard InChI is InChI=1S/C24H23Cl2FN6O2/c1-3-35-21-12-20(19(27)11-18(21)25)31-6-8-32(9-7-31)22(34)14-33-15(2)23(26)24(30-33)16-4-5-29-17(10-16)13-28/h4-5,10-12H,3,6-9,14H2,1-2H3. The first-order chi connectivity index (χ1) is 16.8. The molecule has 0 radical (unpaired) electrons. The topological polar surface area (TPSA) is 87.3 Å². The number of hydrogen-bond acceptors (Lipinski definition) is 6. The first-order valence-electron chi connectivity index (χ1n) is 11.1. The Morgan fingerprint density at radius 2 is 1.97 bits per heavy atom. The Morgan fingerprint density at radius 3 is 2.66 bits per heavy atom. The molecular weight excluding hydrogens is 494 g/mol. The van der Waals surface area contributed by atoms with Crippen LogP contribution in [0, 0.1) is 24.1 Å². The highest BCUT2D eigenvalue weighted by Crippen LogP contribution is 2.33. The number of piperazine rings is 1. The summed E-state index contributed by atoms with van der Waals surface area (Å²) in [4.78, 5) is 20.6. The van der Waals surface area contributed by atoms with E-state index in [1.807, 2.05) is 17.9 Å². The lowest BCUT2D eigenvalue weighted by molar-refractivity contribution is -0.132. The molecule has 182 valence electrons. The Balaban J connectivity index is 1.44. The SMILES string of the molecule is CCOc1cc(N2CCN(C(=O)Cn3nc(-c4ccnc(C#N)c4)c(Cl)c3C)CC2)c(F)cc1Cl. The molecule has 8 nitrogen and oxygen atoms in total. The van der Waals surface area contributed by atoms with Crippen molar-refractivity contribution in [1.29, 1.82) is 5.26 Å². The summed E-state index contributed by atoms with van der Waals surface area (Å²) in [5.74, 6) is -0.109. The fourth-order valence-corrected chi connectivity index (χ4v) is 4.40. The third kappa shape index (κ3) is 5.19. The summed E-state index contributed by atoms with van der Waals surface area (Å²) in [6.07, 6.45) is 1.52. The molecule has 35 heavy (non-hydrogen) atoms. The van der Waals surface area contributed by atoms with Crippen molar-refractivity contribution in [2.45, 2.75) is 20.4 Å². The number of ether oxygens (including phenoxy) is 1. The predicted molar refractivity (Wildman–Crippen MR) is 131 cm³/mol. The normalized spacial score (nSPS) is 13.6. The number of anilines is 1. The van der Waals surface area contributed by atoms with Crippen molar-refractivity contribution >= 4 is 34.8 Å². The van der Waals surface area contributed by atoms with Crippen LogP contribution in [0.4, 0.5) is 10.1 Å². The summed E-state index contributed by atoms with van der Waals surface area (Å²) in [7, 11) is 0. The van der Waals surface area contributed by atoms with E-state index in [-0.39, 0.29) is 23.2 Å². The molecule has 2 aromatic heterocycles. The van der Waals surface area contributed by atoms with Crippen molar-refractivity contribution in [1.82, 2.24) is 19.7 Å². The largest absolute Gasteiger partial charge is 0.492 e. The summed E-state index contributed by atoms with van der Waals surface area (Å²) in [6, 6.07) is 8.17. The van der Waals surface area contributed by atoms with Gasteiger partial charge in [-0.25, -0.2) is 9.37 Å². The molecule has 1 saturated heterocycles.